The second-order valence-corrected chi connectivity index (χ2v) is 7.36. The van der Waals surface area contributed by atoms with Gasteiger partial charge in [0, 0.05) is 38.5 Å². The molecule has 2 aliphatic heterocycles. The van der Waals surface area contributed by atoms with Crippen LogP contribution in [0.1, 0.15) is 37.7 Å². The minimum Gasteiger partial charge on any atom is -0.381 e. The molecule has 1 aromatic rings. The van der Waals surface area contributed by atoms with Crippen LogP contribution in [0.3, 0.4) is 0 Å². The van der Waals surface area contributed by atoms with Crippen molar-refractivity contribution in [1.29, 1.82) is 0 Å². The quantitative estimate of drug-likeness (QED) is 0.705. The molecular weight excluding hydrogens is 359 g/mol. The number of alkyl halides is 3. The van der Waals surface area contributed by atoms with Crippen molar-refractivity contribution in [3.05, 3.63) is 23.9 Å². The normalized spacial score (nSPS) is 22.6. The number of aromatic nitrogens is 1. The van der Waals surface area contributed by atoms with Crippen molar-refractivity contribution < 1.29 is 22.7 Å². The van der Waals surface area contributed by atoms with Gasteiger partial charge in [0.05, 0.1) is 5.56 Å². The molecule has 5 nitrogen and oxygen atoms in total. The number of nitrogens with zero attached hydrogens (tertiary/aromatic N) is 3. The number of amides is 1. The maximum Gasteiger partial charge on any atom is 0.416 e. The predicted octanol–water partition coefficient (Wildman–Crippen LogP) is 3.34. The van der Waals surface area contributed by atoms with Crippen LogP contribution in [0.25, 0.3) is 0 Å². The Balaban J connectivity index is 1.69. The number of carbonyl (C=O) groups excluding carboxylic acids is 1. The minimum absolute atomic E-state index is 0.0522. The summed E-state index contributed by atoms with van der Waals surface area (Å²) in [4.78, 5) is 19.3. The minimum atomic E-state index is -4.45. The number of piperidine rings is 1. The third-order valence-corrected chi connectivity index (χ3v) is 5.48. The van der Waals surface area contributed by atoms with Gasteiger partial charge in [-0.3, -0.25) is 14.6 Å². The number of likely N-dealkylation sites (tertiary alicyclic amines) is 1. The van der Waals surface area contributed by atoms with Crippen LogP contribution >= 0.6 is 0 Å². The van der Waals surface area contributed by atoms with Gasteiger partial charge in [-0.15, -0.1) is 0 Å². The molecule has 3 rings (SSSR count). The molecule has 2 aliphatic rings. The van der Waals surface area contributed by atoms with E-state index < -0.39 is 11.7 Å². The SMILES string of the molecule is O=CN(CC1CCCCN1CC1CCOCC1)c1cc(C(F)(F)F)ccn1. The van der Waals surface area contributed by atoms with Crippen LogP contribution in [-0.2, 0) is 15.7 Å². The highest BCUT2D eigenvalue weighted by atomic mass is 19.4. The van der Waals surface area contributed by atoms with Gasteiger partial charge in [0.1, 0.15) is 5.82 Å². The second-order valence-electron chi connectivity index (χ2n) is 7.36. The molecule has 150 valence electrons. The Labute approximate surface area is 157 Å². The van der Waals surface area contributed by atoms with Gasteiger partial charge in [-0.2, -0.15) is 13.2 Å². The van der Waals surface area contributed by atoms with E-state index in [9.17, 15) is 18.0 Å². The molecule has 0 spiro atoms. The van der Waals surface area contributed by atoms with Crippen molar-refractivity contribution in [3.8, 4) is 0 Å². The molecule has 2 fully saturated rings. The van der Waals surface area contributed by atoms with Gasteiger partial charge in [-0.25, -0.2) is 4.98 Å². The summed E-state index contributed by atoms with van der Waals surface area (Å²) < 4.78 is 44.3. The fraction of sp³-hybridized carbons (Fsp3) is 0.684. The molecule has 0 bridgehead atoms. The lowest BCUT2D eigenvalue weighted by Crippen LogP contribution is -2.49. The van der Waals surface area contributed by atoms with Crippen LogP contribution in [0.4, 0.5) is 19.0 Å². The Morgan fingerprint density at radius 3 is 2.74 bits per heavy atom. The van der Waals surface area contributed by atoms with Crippen molar-refractivity contribution in [2.45, 2.75) is 44.3 Å². The Bertz CT molecular complexity index is 620. The summed E-state index contributed by atoms with van der Waals surface area (Å²) >= 11 is 0. The summed E-state index contributed by atoms with van der Waals surface area (Å²) in [6.07, 6.45) is 2.43. The van der Waals surface area contributed by atoms with Crippen LogP contribution < -0.4 is 4.90 Å². The number of halogens is 3. The van der Waals surface area contributed by atoms with Gasteiger partial charge in [0.2, 0.25) is 6.41 Å². The van der Waals surface area contributed by atoms with E-state index in [4.69, 9.17) is 4.74 Å². The largest absolute Gasteiger partial charge is 0.416 e. The third-order valence-electron chi connectivity index (χ3n) is 5.48. The Morgan fingerprint density at radius 1 is 1.26 bits per heavy atom. The fourth-order valence-corrected chi connectivity index (χ4v) is 3.94. The summed E-state index contributed by atoms with van der Waals surface area (Å²) in [5.74, 6) is 0.632. The van der Waals surface area contributed by atoms with E-state index in [0.29, 0.717) is 18.9 Å². The zero-order valence-electron chi connectivity index (χ0n) is 15.3. The maximum atomic E-state index is 13.0. The lowest BCUT2D eigenvalue weighted by Gasteiger charge is -2.40. The number of pyridine rings is 1. The molecule has 0 saturated carbocycles. The van der Waals surface area contributed by atoms with Crippen molar-refractivity contribution >= 4 is 12.2 Å². The molecule has 1 aromatic heterocycles. The molecule has 8 heteroatoms. The van der Waals surface area contributed by atoms with Crippen molar-refractivity contribution in [3.63, 3.8) is 0 Å². The van der Waals surface area contributed by atoms with Gasteiger partial charge < -0.3 is 4.74 Å². The van der Waals surface area contributed by atoms with Crippen LogP contribution in [-0.4, -0.2) is 55.2 Å². The molecule has 0 aromatic carbocycles. The summed E-state index contributed by atoms with van der Waals surface area (Å²) in [7, 11) is 0. The van der Waals surface area contributed by atoms with Crippen molar-refractivity contribution in [1.82, 2.24) is 9.88 Å². The van der Waals surface area contributed by atoms with Crippen molar-refractivity contribution in [2.24, 2.45) is 5.92 Å². The van der Waals surface area contributed by atoms with E-state index in [2.05, 4.69) is 9.88 Å². The molecule has 0 N–H and O–H groups in total. The lowest BCUT2D eigenvalue weighted by molar-refractivity contribution is -0.137. The molecule has 3 heterocycles. The molecule has 1 atom stereocenters. The van der Waals surface area contributed by atoms with Gasteiger partial charge in [-0.05, 0) is 50.3 Å². The zero-order valence-corrected chi connectivity index (χ0v) is 15.3. The molecule has 0 aliphatic carbocycles. The Kier molecular flexibility index (Phi) is 6.70. The first kappa shape index (κ1) is 20.1. The molecular formula is C19H26F3N3O2. The van der Waals surface area contributed by atoms with E-state index in [1.165, 1.54) is 4.90 Å². The van der Waals surface area contributed by atoms with Gasteiger partial charge in [0.25, 0.3) is 0 Å². The third kappa shape index (κ3) is 5.42. The molecule has 2 saturated heterocycles. The average molecular weight is 385 g/mol. The summed E-state index contributed by atoms with van der Waals surface area (Å²) in [5.41, 5.74) is -0.790. The number of hydrogen-bond donors (Lipinski definition) is 0. The molecule has 1 unspecified atom stereocenters. The number of carbonyl (C=O) groups is 1. The topological polar surface area (TPSA) is 45.7 Å². The number of ether oxygens (including phenoxy) is 1. The average Bonchev–Trinajstić information content (AvgIpc) is 2.67. The van der Waals surface area contributed by atoms with E-state index >= 15 is 0 Å². The number of hydrogen-bond acceptors (Lipinski definition) is 4. The van der Waals surface area contributed by atoms with Gasteiger partial charge in [-0.1, -0.05) is 6.42 Å². The van der Waals surface area contributed by atoms with Crippen LogP contribution in [0.15, 0.2) is 18.3 Å². The fourth-order valence-electron chi connectivity index (χ4n) is 3.94. The molecule has 27 heavy (non-hydrogen) atoms. The highest BCUT2D eigenvalue weighted by Crippen LogP contribution is 2.31. The van der Waals surface area contributed by atoms with E-state index in [0.717, 1.165) is 76.7 Å². The lowest BCUT2D eigenvalue weighted by atomic mass is 9.95. The van der Waals surface area contributed by atoms with Crippen LogP contribution in [0.2, 0.25) is 0 Å². The van der Waals surface area contributed by atoms with E-state index in [1.54, 1.807) is 0 Å². The highest BCUT2D eigenvalue weighted by Gasteiger charge is 2.32. The molecule has 0 radical (unpaired) electrons. The van der Waals surface area contributed by atoms with Crippen molar-refractivity contribution in [2.75, 3.05) is 37.7 Å². The van der Waals surface area contributed by atoms with E-state index in [-0.39, 0.29) is 11.9 Å². The predicted molar refractivity (Wildman–Crippen MR) is 95.4 cm³/mol. The van der Waals surface area contributed by atoms with Gasteiger partial charge >= 0.3 is 6.18 Å². The summed E-state index contributed by atoms with van der Waals surface area (Å²) in [6, 6.07) is 2.01. The van der Waals surface area contributed by atoms with E-state index in [1.807, 2.05) is 0 Å². The number of rotatable bonds is 6. The Hall–Kier alpha value is -1.67. The first-order valence-electron chi connectivity index (χ1n) is 9.54. The highest BCUT2D eigenvalue weighted by molar-refractivity contribution is 5.73. The van der Waals surface area contributed by atoms with Gasteiger partial charge in [0.15, 0.2) is 0 Å². The summed E-state index contributed by atoms with van der Waals surface area (Å²) in [6.45, 7) is 3.86. The molecule has 1 amide bonds. The monoisotopic (exact) mass is 385 g/mol. The second kappa shape index (κ2) is 9.01. The zero-order chi connectivity index (χ0) is 19.3. The maximum absolute atomic E-state index is 13.0. The first-order valence-corrected chi connectivity index (χ1v) is 9.54. The standard InChI is InChI=1S/C19H26F3N3O2/c20-19(21,22)16-4-7-23-18(11-16)25(14-26)13-17-3-1-2-8-24(17)12-15-5-9-27-10-6-15/h4,7,11,14-15,17H,1-3,5-6,8-10,12-13H2. The summed E-state index contributed by atoms with van der Waals surface area (Å²) in [5, 5.41) is 0. The first-order chi connectivity index (χ1) is 13.0. The van der Waals surface area contributed by atoms with Crippen LogP contribution in [0, 0.1) is 5.92 Å². The number of anilines is 1. The van der Waals surface area contributed by atoms with Crippen LogP contribution in [0.5, 0.6) is 0 Å². The Morgan fingerprint density at radius 2 is 2.04 bits per heavy atom. The smallest absolute Gasteiger partial charge is 0.381 e.